The van der Waals surface area contributed by atoms with Crippen molar-refractivity contribution in [2.24, 2.45) is 0 Å². The number of hydrogen-bond donors (Lipinski definition) is 2. The second kappa shape index (κ2) is 9.09. The molecule has 0 spiro atoms. The van der Waals surface area contributed by atoms with E-state index in [4.69, 9.17) is 0 Å². The average molecular weight is 319 g/mol. The fraction of sp³-hybridized carbons (Fsp3) is 0.500. The molecule has 9 heteroatoms. The molecule has 0 aliphatic carbocycles. The number of imide groups is 2. The summed E-state index contributed by atoms with van der Waals surface area (Å²) in [4.78, 5) is 47.9. The molecule has 5 amide bonds. The van der Waals surface area contributed by atoms with E-state index in [0.29, 0.717) is 11.4 Å². The van der Waals surface area contributed by atoms with Gasteiger partial charge in [0.1, 0.15) is 6.54 Å². The molecule has 0 aromatic carbocycles. The molecule has 0 radical (unpaired) electrons. The van der Waals surface area contributed by atoms with Crippen LogP contribution in [-0.4, -0.2) is 66.8 Å². The summed E-state index contributed by atoms with van der Waals surface area (Å²) in [6.45, 7) is 4.08. The van der Waals surface area contributed by atoms with E-state index in [-0.39, 0.29) is 19.0 Å². The molecule has 0 saturated carbocycles. The average Bonchev–Trinajstić information content (AvgIpc) is 2.62. The Hall–Kier alpha value is -1.93. The maximum Gasteiger partial charge on any atom is 0.335 e. The zero-order valence-electron chi connectivity index (χ0n) is 11.8. The lowest BCUT2D eigenvalue weighted by atomic mass is 10.4. The van der Waals surface area contributed by atoms with Crippen LogP contribution >= 0.6 is 12.4 Å². The molecule has 1 aliphatic heterocycles. The van der Waals surface area contributed by atoms with Gasteiger partial charge in [0.2, 0.25) is 5.91 Å². The largest absolute Gasteiger partial charge is 0.354 e. The molecule has 1 fully saturated rings. The van der Waals surface area contributed by atoms with Crippen LogP contribution in [0.3, 0.4) is 0 Å². The molecular formula is C12H19ClN4O4. The number of halogens is 1. The fourth-order valence-corrected chi connectivity index (χ4v) is 1.67. The molecular weight excluding hydrogens is 300 g/mol. The predicted octanol–water partition coefficient (Wildman–Crippen LogP) is -0.889. The number of carbonyl (C=O) groups excluding carboxylic acids is 4. The van der Waals surface area contributed by atoms with Crippen LogP contribution < -0.4 is 10.6 Å². The van der Waals surface area contributed by atoms with Crippen LogP contribution in [0, 0.1) is 0 Å². The predicted molar refractivity (Wildman–Crippen MR) is 77.8 cm³/mol. The van der Waals surface area contributed by atoms with Crippen LogP contribution in [0.2, 0.25) is 0 Å². The van der Waals surface area contributed by atoms with Crippen molar-refractivity contribution in [2.45, 2.75) is 6.42 Å². The summed E-state index contributed by atoms with van der Waals surface area (Å²) in [5.41, 5.74) is 0. The number of urea groups is 1. The Kier molecular flexibility index (Phi) is 8.25. The normalized spacial score (nSPS) is 14.2. The highest BCUT2D eigenvalue weighted by atomic mass is 35.5. The van der Waals surface area contributed by atoms with Crippen molar-refractivity contribution in [3.8, 4) is 0 Å². The minimum absolute atomic E-state index is 0. The summed E-state index contributed by atoms with van der Waals surface area (Å²) in [5.74, 6) is -2.39. The molecule has 1 saturated heterocycles. The maximum atomic E-state index is 11.8. The van der Waals surface area contributed by atoms with Gasteiger partial charge in [-0.2, -0.15) is 0 Å². The summed E-state index contributed by atoms with van der Waals surface area (Å²) in [6.07, 6.45) is 2.07. The van der Waals surface area contributed by atoms with Gasteiger partial charge in [-0.25, -0.2) is 9.69 Å². The van der Waals surface area contributed by atoms with E-state index in [1.165, 1.54) is 6.08 Å². The van der Waals surface area contributed by atoms with E-state index in [9.17, 15) is 19.2 Å². The molecule has 2 N–H and O–H groups in total. The first-order valence-electron chi connectivity index (χ1n) is 6.22. The van der Waals surface area contributed by atoms with Gasteiger partial charge in [0, 0.05) is 13.1 Å². The highest BCUT2D eigenvalue weighted by Crippen LogP contribution is 2.11. The topological polar surface area (TPSA) is 98.8 Å². The van der Waals surface area contributed by atoms with Gasteiger partial charge in [-0.15, -0.1) is 19.0 Å². The summed E-state index contributed by atoms with van der Waals surface area (Å²) >= 11 is 0. The maximum absolute atomic E-state index is 11.8. The van der Waals surface area contributed by atoms with Gasteiger partial charge >= 0.3 is 17.8 Å². The molecule has 1 aliphatic rings. The Balaban J connectivity index is 0.00000400. The molecule has 0 atom stereocenters. The molecule has 0 aromatic rings. The summed E-state index contributed by atoms with van der Waals surface area (Å²) in [5, 5.41) is 5.50. The van der Waals surface area contributed by atoms with Crippen LogP contribution in [0.5, 0.6) is 0 Å². The highest BCUT2D eigenvalue weighted by molar-refractivity contribution is 6.45. The number of carbonyl (C=O) groups is 4. The molecule has 118 valence electrons. The second-order valence-electron chi connectivity index (χ2n) is 4.19. The van der Waals surface area contributed by atoms with Crippen LogP contribution in [0.25, 0.3) is 0 Å². The van der Waals surface area contributed by atoms with E-state index >= 15 is 0 Å². The first-order chi connectivity index (χ1) is 9.52. The Morgan fingerprint density at radius 2 is 1.81 bits per heavy atom. The Morgan fingerprint density at radius 1 is 1.19 bits per heavy atom. The van der Waals surface area contributed by atoms with E-state index in [1.807, 2.05) is 0 Å². The molecule has 1 rings (SSSR count). The molecule has 0 aromatic heterocycles. The van der Waals surface area contributed by atoms with Gasteiger partial charge in [-0.1, -0.05) is 6.08 Å². The SMILES string of the molecule is C=CCN1C(=O)C(=O)N(CC(=O)NCCCNC)C1=O.Cl. The van der Waals surface area contributed by atoms with Crippen LogP contribution in [0.1, 0.15) is 6.42 Å². The van der Waals surface area contributed by atoms with E-state index in [2.05, 4.69) is 17.2 Å². The van der Waals surface area contributed by atoms with Crippen molar-refractivity contribution in [3.05, 3.63) is 12.7 Å². The standard InChI is InChI=1S/C12H18N4O4.ClH/c1-3-7-15-10(18)11(19)16(12(15)20)8-9(17)14-6-4-5-13-2;/h3,13H,1,4-8H2,2H3,(H,14,17);1H. The molecule has 8 nitrogen and oxygen atoms in total. The summed E-state index contributed by atoms with van der Waals surface area (Å²) in [7, 11) is 1.79. The van der Waals surface area contributed by atoms with Crippen molar-refractivity contribution in [3.63, 3.8) is 0 Å². The minimum atomic E-state index is -0.984. The van der Waals surface area contributed by atoms with E-state index in [1.54, 1.807) is 7.05 Å². The van der Waals surface area contributed by atoms with Crippen molar-refractivity contribution in [2.75, 3.05) is 33.2 Å². The number of nitrogens with one attached hydrogen (secondary N) is 2. The fourth-order valence-electron chi connectivity index (χ4n) is 1.67. The quantitative estimate of drug-likeness (QED) is 0.262. The first-order valence-corrected chi connectivity index (χ1v) is 6.22. The minimum Gasteiger partial charge on any atom is -0.354 e. The Morgan fingerprint density at radius 3 is 2.38 bits per heavy atom. The number of nitrogens with zero attached hydrogens (tertiary/aromatic N) is 2. The number of rotatable bonds is 8. The third-order valence-electron chi connectivity index (χ3n) is 2.67. The van der Waals surface area contributed by atoms with Gasteiger partial charge in [0.25, 0.3) is 0 Å². The molecule has 0 unspecified atom stereocenters. The lowest BCUT2D eigenvalue weighted by Crippen LogP contribution is -2.42. The lowest BCUT2D eigenvalue weighted by molar-refractivity contribution is -0.143. The lowest BCUT2D eigenvalue weighted by Gasteiger charge is -2.14. The van der Waals surface area contributed by atoms with E-state index < -0.39 is 30.3 Å². The van der Waals surface area contributed by atoms with Gasteiger partial charge in [0.05, 0.1) is 0 Å². The van der Waals surface area contributed by atoms with Crippen molar-refractivity contribution in [1.82, 2.24) is 20.4 Å². The highest BCUT2D eigenvalue weighted by Gasteiger charge is 2.44. The smallest absolute Gasteiger partial charge is 0.335 e. The Bertz CT molecular complexity index is 441. The zero-order valence-corrected chi connectivity index (χ0v) is 12.6. The Labute approximate surface area is 128 Å². The summed E-state index contributed by atoms with van der Waals surface area (Å²) < 4.78 is 0. The van der Waals surface area contributed by atoms with Crippen molar-refractivity contribution >= 4 is 36.2 Å². The van der Waals surface area contributed by atoms with Crippen molar-refractivity contribution in [1.29, 1.82) is 0 Å². The molecule has 1 heterocycles. The van der Waals surface area contributed by atoms with Crippen molar-refractivity contribution < 1.29 is 19.2 Å². The monoisotopic (exact) mass is 318 g/mol. The van der Waals surface area contributed by atoms with E-state index in [0.717, 1.165) is 17.9 Å². The third kappa shape index (κ3) is 4.83. The van der Waals surface area contributed by atoms with Gasteiger partial charge in [-0.05, 0) is 20.0 Å². The van der Waals surface area contributed by atoms with Crippen LogP contribution in [0.15, 0.2) is 12.7 Å². The zero-order chi connectivity index (χ0) is 15.1. The van der Waals surface area contributed by atoms with Gasteiger partial charge < -0.3 is 10.6 Å². The number of amides is 5. The third-order valence-corrected chi connectivity index (χ3v) is 2.67. The molecule has 21 heavy (non-hydrogen) atoms. The summed E-state index contributed by atoms with van der Waals surface area (Å²) in [6, 6.07) is -0.787. The first kappa shape index (κ1) is 19.1. The van der Waals surface area contributed by atoms with Crippen LogP contribution in [0.4, 0.5) is 4.79 Å². The van der Waals surface area contributed by atoms with Gasteiger partial charge in [-0.3, -0.25) is 19.3 Å². The molecule has 0 bridgehead atoms. The second-order valence-corrected chi connectivity index (χ2v) is 4.19. The van der Waals surface area contributed by atoms with Crippen LogP contribution in [-0.2, 0) is 14.4 Å². The number of hydrogen-bond acceptors (Lipinski definition) is 5. The van der Waals surface area contributed by atoms with Gasteiger partial charge in [0.15, 0.2) is 0 Å².